The smallest absolute Gasteiger partial charge is 0.410 e. The van der Waals surface area contributed by atoms with Crippen molar-refractivity contribution in [3.63, 3.8) is 0 Å². The number of likely N-dealkylation sites (N-methyl/N-ethyl adjacent to an activating group) is 1. The van der Waals surface area contributed by atoms with Crippen molar-refractivity contribution in [1.82, 2.24) is 19.8 Å². The van der Waals surface area contributed by atoms with Crippen molar-refractivity contribution in [2.75, 3.05) is 56.2 Å². The van der Waals surface area contributed by atoms with Crippen LogP contribution in [-0.2, 0) is 22.5 Å². The molecular weight excluding hydrogens is 646 g/mol. The Morgan fingerprint density at radius 3 is 2.47 bits per heavy atom. The van der Waals surface area contributed by atoms with Crippen LogP contribution < -0.4 is 19.3 Å². The number of fused-ring (bicyclic) bond motifs is 2. The molecule has 2 atom stereocenters. The average Bonchev–Trinajstić information content (AvgIpc) is 3.49. The van der Waals surface area contributed by atoms with Gasteiger partial charge in [0.25, 0.3) is 0 Å². The van der Waals surface area contributed by atoms with E-state index in [-0.39, 0.29) is 18.4 Å². The number of carbonyl (C=O) groups is 2. The van der Waals surface area contributed by atoms with Crippen LogP contribution in [0.25, 0.3) is 10.8 Å². The van der Waals surface area contributed by atoms with Crippen molar-refractivity contribution in [3.05, 3.63) is 47.7 Å². The van der Waals surface area contributed by atoms with Gasteiger partial charge in [-0.2, -0.15) is 15.2 Å². The second-order valence-corrected chi connectivity index (χ2v) is 16.0. The molecule has 0 aliphatic carbocycles. The first-order chi connectivity index (χ1) is 24.2. The molecule has 51 heavy (non-hydrogen) atoms. The Bertz CT molecular complexity index is 1810. The number of hydrogen-bond acceptors (Lipinski definition) is 11. The molecule has 0 radical (unpaired) electrons. The molecule has 1 unspecified atom stereocenters. The maximum atomic E-state index is 13.2. The van der Waals surface area contributed by atoms with E-state index >= 15 is 0 Å². The molecule has 0 bridgehead atoms. The Hall–Kier alpha value is -4.63. The third-order valence-corrected chi connectivity index (χ3v) is 9.81. The van der Waals surface area contributed by atoms with E-state index in [1.807, 2.05) is 71.9 Å². The number of aromatic nitrogens is 2. The molecule has 1 amide bonds. The van der Waals surface area contributed by atoms with Crippen LogP contribution in [0.15, 0.2) is 36.4 Å². The third-order valence-electron chi connectivity index (χ3n) is 9.81. The van der Waals surface area contributed by atoms with Crippen LogP contribution in [-0.4, -0.2) is 95.9 Å². The Kier molecular flexibility index (Phi) is 10.3. The lowest BCUT2D eigenvalue weighted by Crippen LogP contribution is -2.56. The molecule has 2 aromatic carbocycles. The molecule has 3 aliphatic heterocycles. The summed E-state index contributed by atoms with van der Waals surface area (Å²) in [6.07, 6.45) is 2.64. The van der Waals surface area contributed by atoms with Gasteiger partial charge in [-0.15, -0.1) is 0 Å². The Balaban J connectivity index is 1.33. The number of amides is 1. The maximum absolute atomic E-state index is 13.2. The fraction of sp³-hybridized carbons (Fsp3) is 0.564. The van der Waals surface area contributed by atoms with Crippen molar-refractivity contribution in [2.45, 2.75) is 91.5 Å². The lowest BCUT2D eigenvalue weighted by atomic mass is 9.97. The summed E-state index contributed by atoms with van der Waals surface area (Å²) in [5, 5.41) is 11.8. The van der Waals surface area contributed by atoms with Gasteiger partial charge in [-0.1, -0.05) is 24.3 Å². The minimum atomic E-state index is -0.641. The molecule has 2 saturated heterocycles. The molecule has 1 aromatic heterocycles. The highest BCUT2D eigenvalue weighted by molar-refractivity contribution is 5.96. The van der Waals surface area contributed by atoms with Crippen LogP contribution in [0, 0.1) is 16.7 Å². The van der Waals surface area contributed by atoms with Crippen molar-refractivity contribution in [2.24, 2.45) is 5.41 Å². The predicted molar refractivity (Wildman–Crippen MR) is 196 cm³/mol. The first kappa shape index (κ1) is 36.2. The van der Waals surface area contributed by atoms with Gasteiger partial charge in [0.05, 0.1) is 36.2 Å². The van der Waals surface area contributed by atoms with Crippen LogP contribution in [0.4, 0.5) is 16.3 Å². The van der Waals surface area contributed by atoms with Gasteiger partial charge in [-0.3, -0.25) is 4.79 Å². The zero-order valence-corrected chi connectivity index (χ0v) is 31.1. The molecule has 0 N–H and O–H groups in total. The van der Waals surface area contributed by atoms with Crippen LogP contribution in [0.3, 0.4) is 0 Å². The molecule has 12 heteroatoms. The number of esters is 1. The van der Waals surface area contributed by atoms with E-state index in [0.29, 0.717) is 63.6 Å². The van der Waals surface area contributed by atoms with E-state index in [0.717, 1.165) is 52.9 Å². The number of ether oxygens (including phenoxy) is 3. The minimum absolute atomic E-state index is 0.178. The number of carbonyl (C=O) groups excluding carboxylic acids is 2. The lowest BCUT2D eigenvalue weighted by Gasteiger charge is -2.42. The van der Waals surface area contributed by atoms with Gasteiger partial charge in [0, 0.05) is 54.9 Å². The topological polar surface area (TPSA) is 124 Å². The summed E-state index contributed by atoms with van der Waals surface area (Å²) in [6.45, 7) is 15.2. The molecule has 272 valence electrons. The fourth-order valence-corrected chi connectivity index (χ4v) is 7.01. The first-order valence-electron chi connectivity index (χ1n) is 18.0. The Morgan fingerprint density at radius 1 is 0.980 bits per heavy atom. The zero-order valence-electron chi connectivity index (χ0n) is 31.1. The quantitative estimate of drug-likeness (QED) is 0.215. The van der Waals surface area contributed by atoms with Crippen LogP contribution in [0.5, 0.6) is 11.8 Å². The van der Waals surface area contributed by atoms with E-state index in [2.05, 4.69) is 33.9 Å². The maximum Gasteiger partial charge on any atom is 0.410 e. The SMILES string of the molecule is CN1CCC[C@@H]1COc1nc2c(c(N3CCN(C(=O)OC(C)(C)C)C(CC#N)C3)n1)CCN(c1cc(OC(=O)C(C)(C)C)cc3ccccc13)C2. The van der Waals surface area contributed by atoms with Crippen LogP contribution in [0.2, 0.25) is 0 Å². The highest BCUT2D eigenvalue weighted by atomic mass is 16.6. The molecule has 6 rings (SSSR count). The molecule has 3 aromatic rings. The molecule has 0 saturated carbocycles. The van der Waals surface area contributed by atoms with E-state index in [9.17, 15) is 14.9 Å². The molecular formula is C39H51N7O5. The lowest BCUT2D eigenvalue weighted by molar-refractivity contribution is -0.142. The summed E-state index contributed by atoms with van der Waals surface area (Å²) in [7, 11) is 2.12. The first-order valence-corrected chi connectivity index (χ1v) is 18.0. The largest absolute Gasteiger partial charge is 0.462 e. The van der Waals surface area contributed by atoms with Crippen molar-refractivity contribution < 1.29 is 23.8 Å². The zero-order chi connectivity index (χ0) is 36.5. The average molecular weight is 698 g/mol. The summed E-state index contributed by atoms with van der Waals surface area (Å²) in [5.74, 6) is 1.01. The molecule has 12 nitrogen and oxygen atoms in total. The van der Waals surface area contributed by atoms with Crippen LogP contribution >= 0.6 is 0 Å². The number of nitrogens with zero attached hydrogens (tertiary/aromatic N) is 7. The number of rotatable bonds is 7. The van der Waals surface area contributed by atoms with E-state index in [1.54, 1.807) is 4.90 Å². The van der Waals surface area contributed by atoms with Gasteiger partial charge in [-0.25, -0.2) is 4.79 Å². The minimum Gasteiger partial charge on any atom is -0.462 e. The number of hydrogen-bond donors (Lipinski definition) is 0. The fourth-order valence-electron chi connectivity index (χ4n) is 7.01. The van der Waals surface area contributed by atoms with Crippen molar-refractivity contribution in [1.29, 1.82) is 5.26 Å². The standard InChI is InChI=1S/C39H51N7O5/c1-38(2,3)35(47)50-29-21-26-11-8-9-13-30(26)33(22-29)44-18-15-31-32(24-44)41-36(49-25-28-12-10-17-43(28)7)42-34(31)45-19-20-46(27(23-45)14-16-40)37(48)51-39(4,5)6/h8-9,11,13,21-22,27-28H,10,12,14-15,17-20,23-25H2,1-7H3/t27?,28-/m1/s1. The number of piperazine rings is 1. The number of benzene rings is 2. The highest BCUT2D eigenvalue weighted by Gasteiger charge is 2.36. The second-order valence-electron chi connectivity index (χ2n) is 16.0. The molecule has 4 heterocycles. The predicted octanol–water partition coefficient (Wildman–Crippen LogP) is 5.96. The molecule has 2 fully saturated rings. The monoisotopic (exact) mass is 697 g/mol. The van der Waals surface area contributed by atoms with E-state index in [4.69, 9.17) is 24.2 Å². The van der Waals surface area contributed by atoms with Gasteiger partial charge >= 0.3 is 18.1 Å². The van der Waals surface area contributed by atoms with Crippen molar-refractivity contribution >= 4 is 34.3 Å². The summed E-state index contributed by atoms with van der Waals surface area (Å²) < 4.78 is 17.9. The Labute approximate surface area is 301 Å². The second kappa shape index (κ2) is 14.5. The number of likely N-dealkylation sites (tertiary alicyclic amines) is 1. The molecule has 3 aliphatic rings. The Morgan fingerprint density at radius 2 is 1.76 bits per heavy atom. The summed E-state index contributed by atoms with van der Waals surface area (Å²) >= 11 is 0. The number of anilines is 2. The van der Waals surface area contributed by atoms with Gasteiger partial charge in [0.15, 0.2) is 0 Å². The normalized spacial score (nSPS) is 19.8. The summed E-state index contributed by atoms with van der Waals surface area (Å²) in [5.41, 5.74) is 1.59. The third kappa shape index (κ3) is 8.30. The van der Waals surface area contributed by atoms with Gasteiger partial charge in [0.2, 0.25) is 0 Å². The van der Waals surface area contributed by atoms with Gasteiger partial charge in [0.1, 0.15) is 23.8 Å². The van der Waals surface area contributed by atoms with Crippen LogP contribution in [0.1, 0.15) is 72.1 Å². The van der Waals surface area contributed by atoms with Crippen molar-refractivity contribution in [3.8, 4) is 17.8 Å². The van der Waals surface area contributed by atoms with E-state index in [1.165, 1.54) is 0 Å². The number of nitriles is 1. The van der Waals surface area contributed by atoms with Gasteiger partial charge in [-0.05, 0) is 85.8 Å². The summed E-state index contributed by atoms with van der Waals surface area (Å²) in [6, 6.07) is 14.5. The van der Waals surface area contributed by atoms with Gasteiger partial charge < -0.3 is 33.8 Å². The highest BCUT2D eigenvalue weighted by Crippen LogP contribution is 2.38. The summed E-state index contributed by atoms with van der Waals surface area (Å²) in [4.78, 5) is 44.5. The van der Waals surface area contributed by atoms with E-state index < -0.39 is 17.1 Å². The molecule has 0 spiro atoms.